The Morgan fingerprint density at radius 2 is 2.04 bits per heavy atom. The van der Waals surface area contributed by atoms with Gasteiger partial charge < -0.3 is 19.5 Å². The number of halogens is 3. The van der Waals surface area contributed by atoms with Crippen molar-refractivity contribution in [3.05, 3.63) is 41.5 Å². The van der Waals surface area contributed by atoms with Crippen molar-refractivity contribution in [3.63, 3.8) is 0 Å². The molecule has 0 atom stereocenters. The number of hydrogen-bond acceptors (Lipinski definition) is 5. The number of hydrogen-bond donors (Lipinski definition) is 1. The number of ether oxygens (including phenoxy) is 1. The van der Waals surface area contributed by atoms with Crippen LogP contribution >= 0.6 is 24.0 Å². The number of rotatable bonds is 8. The SMILES string of the molecule is CN=C(NCCCc1nc(C)no1)N(C)Cc1ccc(OC(F)F)cc1.I. The number of aryl methyl sites for hydroxylation is 2. The van der Waals surface area contributed by atoms with Crippen LogP contribution in [0, 0.1) is 6.92 Å². The summed E-state index contributed by atoms with van der Waals surface area (Å²) in [5.74, 6) is 2.14. The predicted octanol–water partition coefficient (Wildman–Crippen LogP) is 3.24. The zero-order valence-corrected chi connectivity index (χ0v) is 17.8. The summed E-state index contributed by atoms with van der Waals surface area (Å²) < 4.78 is 33.8. The number of nitrogens with zero attached hydrogens (tertiary/aromatic N) is 4. The molecule has 2 rings (SSSR count). The van der Waals surface area contributed by atoms with Crippen LogP contribution in [0.3, 0.4) is 0 Å². The molecule has 0 spiro atoms. The van der Waals surface area contributed by atoms with Crippen LogP contribution in [0.2, 0.25) is 0 Å². The summed E-state index contributed by atoms with van der Waals surface area (Å²) in [6, 6.07) is 6.55. The highest BCUT2D eigenvalue weighted by Crippen LogP contribution is 2.15. The van der Waals surface area contributed by atoms with Crippen molar-refractivity contribution in [2.45, 2.75) is 32.9 Å². The topological polar surface area (TPSA) is 75.8 Å². The van der Waals surface area contributed by atoms with Crippen LogP contribution in [0.25, 0.3) is 0 Å². The highest BCUT2D eigenvalue weighted by molar-refractivity contribution is 14.0. The van der Waals surface area contributed by atoms with Crippen LogP contribution in [0.1, 0.15) is 23.7 Å². The first-order valence-electron chi connectivity index (χ1n) is 8.22. The van der Waals surface area contributed by atoms with Gasteiger partial charge in [0.2, 0.25) is 5.89 Å². The molecule has 0 aliphatic heterocycles. The molecule has 1 N–H and O–H groups in total. The fourth-order valence-electron chi connectivity index (χ4n) is 2.39. The molecule has 0 bridgehead atoms. The Balaban J connectivity index is 0.00000364. The molecule has 0 saturated carbocycles. The number of nitrogens with one attached hydrogen (secondary N) is 1. The van der Waals surface area contributed by atoms with Crippen molar-refractivity contribution in [1.29, 1.82) is 0 Å². The molecule has 1 aromatic heterocycles. The van der Waals surface area contributed by atoms with E-state index in [1.165, 1.54) is 12.1 Å². The van der Waals surface area contributed by atoms with Gasteiger partial charge in [0.15, 0.2) is 11.8 Å². The lowest BCUT2D eigenvalue weighted by Gasteiger charge is -2.22. The number of alkyl halides is 2. The van der Waals surface area contributed by atoms with Gasteiger partial charge in [-0.25, -0.2) is 0 Å². The van der Waals surface area contributed by atoms with E-state index < -0.39 is 6.61 Å². The molecule has 1 aromatic carbocycles. The second-order valence-corrected chi connectivity index (χ2v) is 5.69. The zero-order chi connectivity index (χ0) is 18.9. The van der Waals surface area contributed by atoms with E-state index in [9.17, 15) is 8.78 Å². The van der Waals surface area contributed by atoms with E-state index >= 15 is 0 Å². The van der Waals surface area contributed by atoms with E-state index in [2.05, 4.69) is 25.2 Å². The lowest BCUT2D eigenvalue weighted by Crippen LogP contribution is -2.39. The summed E-state index contributed by atoms with van der Waals surface area (Å²) in [5, 5.41) is 7.02. The molecule has 1 heterocycles. The Morgan fingerprint density at radius 3 is 2.59 bits per heavy atom. The minimum Gasteiger partial charge on any atom is -0.435 e. The maximum Gasteiger partial charge on any atom is 0.387 e. The Bertz CT molecular complexity index is 710. The summed E-state index contributed by atoms with van der Waals surface area (Å²) in [6.45, 7) is 0.258. The first kappa shape index (κ1) is 23.1. The van der Waals surface area contributed by atoms with Crippen LogP contribution in [0.4, 0.5) is 8.78 Å². The van der Waals surface area contributed by atoms with Crippen LogP contribution < -0.4 is 10.1 Å². The van der Waals surface area contributed by atoms with Gasteiger partial charge in [-0.3, -0.25) is 4.99 Å². The van der Waals surface area contributed by atoms with E-state index in [-0.39, 0.29) is 29.7 Å². The van der Waals surface area contributed by atoms with Crippen LogP contribution in [-0.4, -0.2) is 48.3 Å². The smallest absolute Gasteiger partial charge is 0.387 e. The first-order valence-corrected chi connectivity index (χ1v) is 8.22. The Morgan fingerprint density at radius 1 is 1.33 bits per heavy atom. The summed E-state index contributed by atoms with van der Waals surface area (Å²) >= 11 is 0. The fraction of sp³-hybridized carbons (Fsp3) is 0.471. The van der Waals surface area contributed by atoms with Gasteiger partial charge in [0, 0.05) is 33.6 Å². The first-order chi connectivity index (χ1) is 12.5. The van der Waals surface area contributed by atoms with Crippen molar-refractivity contribution in [2.24, 2.45) is 4.99 Å². The molecule has 10 heteroatoms. The maximum absolute atomic E-state index is 12.2. The Kier molecular flexibility index (Phi) is 9.97. The third-order valence-corrected chi connectivity index (χ3v) is 3.56. The monoisotopic (exact) mass is 495 g/mol. The minimum atomic E-state index is -2.82. The maximum atomic E-state index is 12.2. The van der Waals surface area contributed by atoms with Crippen molar-refractivity contribution in [1.82, 2.24) is 20.4 Å². The summed E-state index contributed by atoms with van der Waals surface area (Å²) in [5.41, 5.74) is 0.957. The number of benzene rings is 1. The van der Waals surface area contributed by atoms with Crippen LogP contribution in [0.15, 0.2) is 33.8 Å². The van der Waals surface area contributed by atoms with Gasteiger partial charge in [0.05, 0.1) is 0 Å². The summed E-state index contributed by atoms with van der Waals surface area (Å²) in [7, 11) is 3.61. The molecule has 0 fully saturated rings. The lowest BCUT2D eigenvalue weighted by atomic mass is 10.2. The second-order valence-electron chi connectivity index (χ2n) is 5.69. The van der Waals surface area contributed by atoms with E-state index in [1.54, 1.807) is 26.1 Å². The van der Waals surface area contributed by atoms with E-state index in [0.717, 1.165) is 17.9 Å². The van der Waals surface area contributed by atoms with Crippen molar-refractivity contribution < 1.29 is 18.0 Å². The third kappa shape index (κ3) is 8.06. The zero-order valence-electron chi connectivity index (χ0n) is 15.5. The molecular weight excluding hydrogens is 471 g/mol. The highest BCUT2D eigenvalue weighted by atomic mass is 127. The van der Waals surface area contributed by atoms with Gasteiger partial charge >= 0.3 is 6.61 Å². The largest absolute Gasteiger partial charge is 0.435 e. The van der Waals surface area contributed by atoms with E-state index in [0.29, 0.717) is 31.2 Å². The van der Waals surface area contributed by atoms with E-state index in [1.807, 2.05) is 11.9 Å². The Hall–Kier alpha value is -1.98. The minimum absolute atomic E-state index is 0. The van der Waals surface area contributed by atoms with Gasteiger partial charge in [-0.1, -0.05) is 17.3 Å². The molecule has 0 saturated heterocycles. The van der Waals surface area contributed by atoms with Gasteiger partial charge in [0.1, 0.15) is 5.75 Å². The fourth-order valence-corrected chi connectivity index (χ4v) is 2.39. The predicted molar refractivity (Wildman–Crippen MR) is 109 cm³/mol. The van der Waals surface area contributed by atoms with Crippen molar-refractivity contribution >= 4 is 29.9 Å². The molecule has 0 unspecified atom stereocenters. The molecule has 27 heavy (non-hydrogen) atoms. The average Bonchev–Trinajstić information content (AvgIpc) is 3.01. The number of aliphatic imine (C=N–C) groups is 1. The number of aromatic nitrogens is 2. The van der Waals surface area contributed by atoms with Gasteiger partial charge in [-0.15, -0.1) is 24.0 Å². The normalized spacial score (nSPS) is 11.3. The lowest BCUT2D eigenvalue weighted by molar-refractivity contribution is -0.0498. The van der Waals surface area contributed by atoms with Crippen molar-refractivity contribution in [2.75, 3.05) is 20.6 Å². The van der Waals surface area contributed by atoms with E-state index in [4.69, 9.17) is 4.52 Å². The number of guanidine groups is 1. The quantitative estimate of drug-likeness (QED) is 0.263. The Labute approximate surface area is 174 Å². The second kappa shape index (κ2) is 11.7. The van der Waals surface area contributed by atoms with Gasteiger partial charge in [0.25, 0.3) is 0 Å². The molecule has 2 aromatic rings. The molecule has 150 valence electrons. The van der Waals surface area contributed by atoms with Gasteiger partial charge in [-0.2, -0.15) is 13.8 Å². The molecule has 0 amide bonds. The van der Waals surface area contributed by atoms with Crippen LogP contribution in [-0.2, 0) is 13.0 Å². The molecule has 0 radical (unpaired) electrons. The van der Waals surface area contributed by atoms with Crippen LogP contribution in [0.5, 0.6) is 5.75 Å². The third-order valence-electron chi connectivity index (χ3n) is 3.56. The molecule has 7 nitrogen and oxygen atoms in total. The highest BCUT2D eigenvalue weighted by Gasteiger charge is 2.08. The molecular formula is C17H24F2IN5O2. The molecule has 0 aliphatic rings. The standard InChI is InChI=1S/C17H23F2N5O2.HI/c1-12-22-15(26-23-12)5-4-10-21-17(20-2)24(3)11-13-6-8-14(9-7-13)25-16(18)19;/h6-9,16H,4-5,10-11H2,1-3H3,(H,20,21);1H. The van der Waals surface area contributed by atoms with Gasteiger partial charge in [-0.05, 0) is 31.0 Å². The van der Waals surface area contributed by atoms with Crippen molar-refractivity contribution in [3.8, 4) is 5.75 Å². The summed E-state index contributed by atoms with van der Waals surface area (Å²) in [6.07, 6.45) is 1.52. The summed E-state index contributed by atoms with van der Waals surface area (Å²) in [4.78, 5) is 10.4. The average molecular weight is 495 g/mol. The molecule has 0 aliphatic carbocycles.